The summed E-state index contributed by atoms with van der Waals surface area (Å²) in [6, 6.07) is 0.341. The van der Waals surface area contributed by atoms with Gasteiger partial charge in [-0.25, -0.2) is 4.98 Å². The first-order valence-electron chi connectivity index (χ1n) is 5.48. The van der Waals surface area contributed by atoms with Crippen molar-refractivity contribution >= 4 is 17.4 Å². The molecule has 0 saturated heterocycles. The summed E-state index contributed by atoms with van der Waals surface area (Å²) in [5.41, 5.74) is 0.100. The van der Waals surface area contributed by atoms with Gasteiger partial charge in [0.1, 0.15) is 5.02 Å². The highest BCUT2D eigenvalue weighted by Gasteiger charge is 2.29. The molecule has 1 fully saturated rings. The Morgan fingerprint density at radius 1 is 1.44 bits per heavy atom. The Kier molecular flexibility index (Phi) is 3.19. The van der Waals surface area contributed by atoms with Crippen molar-refractivity contribution in [3.63, 3.8) is 0 Å². The molecule has 0 amide bonds. The zero-order valence-electron chi connectivity index (χ0n) is 9.59. The lowest BCUT2D eigenvalue weighted by atomic mass is 10.0. The molecule has 88 valence electrons. The number of anilines is 1. The van der Waals surface area contributed by atoms with Gasteiger partial charge in [-0.15, -0.1) is 0 Å². The smallest absolute Gasteiger partial charge is 0.318 e. The predicted octanol–water partition coefficient (Wildman–Crippen LogP) is 2.88. The van der Waals surface area contributed by atoms with Crippen molar-refractivity contribution in [2.75, 3.05) is 12.4 Å². The number of nitrogens with one attached hydrogen (secondary N) is 1. The van der Waals surface area contributed by atoms with Gasteiger partial charge >= 0.3 is 6.01 Å². The van der Waals surface area contributed by atoms with Crippen LogP contribution in [0.25, 0.3) is 0 Å². The number of aromatic nitrogens is 2. The molecule has 0 radical (unpaired) electrons. The summed E-state index contributed by atoms with van der Waals surface area (Å²) in [5.74, 6) is 0.665. The van der Waals surface area contributed by atoms with Gasteiger partial charge in [0.25, 0.3) is 0 Å². The van der Waals surface area contributed by atoms with Crippen LogP contribution in [-0.4, -0.2) is 22.6 Å². The van der Waals surface area contributed by atoms with Gasteiger partial charge in [0.05, 0.1) is 13.3 Å². The Morgan fingerprint density at radius 2 is 2.12 bits per heavy atom. The molecule has 0 aromatic carbocycles. The van der Waals surface area contributed by atoms with E-state index in [-0.39, 0.29) is 5.54 Å². The van der Waals surface area contributed by atoms with Crippen molar-refractivity contribution in [2.24, 2.45) is 0 Å². The Morgan fingerprint density at radius 3 is 2.75 bits per heavy atom. The third-order valence-corrected chi connectivity index (χ3v) is 3.31. The van der Waals surface area contributed by atoms with E-state index in [4.69, 9.17) is 16.3 Å². The van der Waals surface area contributed by atoms with E-state index in [2.05, 4.69) is 22.2 Å². The summed E-state index contributed by atoms with van der Waals surface area (Å²) < 4.78 is 4.99. The maximum Gasteiger partial charge on any atom is 0.318 e. The number of ether oxygens (including phenoxy) is 1. The highest BCUT2D eigenvalue weighted by Crippen LogP contribution is 2.34. The molecule has 4 nitrogen and oxygen atoms in total. The normalized spacial score (nSPS) is 18.4. The maximum absolute atomic E-state index is 6.05. The van der Waals surface area contributed by atoms with Crippen LogP contribution in [0.2, 0.25) is 5.02 Å². The first kappa shape index (κ1) is 11.5. The van der Waals surface area contributed by atoms with E-state index in [1.807, 2.05) is 0 Å². The second-order valence-corrected chi connectivity index (χ2v) is 4.85. The molecule has 0 bridgehead atoms. The minimum atomic E-state index is 0.100. The Bertz CT molecular complexity index is 377. The maximum atomic E-state index is 6.05. The highest BCUT2D eigenvalue weighted by atomic mass is 35.5. The number of hydrogen-bond donors (Lipinski definition) is 1. The zero-order valence-corrected chi connectivity index (χ0v) is 10.3. The standard InChI is InChI=1S/C11H16ClN3O/c1-11(5-3-4-6-11)15-9-8(12)7-13-10(14-9)16-2/h7H,3-6H2,1-2H3,(H,13,14,15). The molecule has 1 saturated carbocycles. The van der Waals surface area contributed by atoms with Gasteiger partial charge in [-0.05, 0) is 19.8 Å². The third-order valence-electron chi connectivity index (χ3n) is 3.03. The second kappa shape index (κ2) is 4.45. The number of nitrogens with zero attached hydrogens (tertiary/aromatic N) is 2. The lowest BCUT2D eigenvalue weighted by molar-refractivity contribution is 0.379. The first-order valence-corrected chi connectivity index (χ1v) is 5.85. The van der Waals surface area contributed by atoms with Crippen LogP contribution in [0.15, 0.2) is 6.20 Å². The molecular weight excluding hydrogens is 226 g/mol. The van der Waals surface area contributed by atoms with Crippen LogP contribution in [0.3, 0.4) is 0 Å². The summed E-state index contributed by atoms with van der Waals surface area (Å²) in [6.45, 7) is 2.20. The molecular formula is C11H16ClN3O. The summed E-state index contributed by atoms with van der Waals surface area (Å²) in [7, 11) is 1.55. The fraction of sp³-hybridized carbons (Fsp3) is 0.636. The van der Waals surface area contributed by atoms with Crippen molar-refractivity contribution in [1.82, 2.24) is 9.97 Å². The molecule has 0 spiro atoms. The van der Waals surface area contributed by atoms with Gasteiger partial charge in [0.15, 0.2) is 5.82 Å². The van der Waals surface area contributed by atoms with E-state index >= 15 is 0 Å². The number of rotatable bonds is 3. The lowest BCUT2D eigenvalue weighted by Crippen LogP contribution is -2.31. The molecule has 1 aromatic heterocycles. The Labute approximate surface area is 100 Å². The minimum absolute atomic E-state index is 0.100. The van der Waals surface area contributed by atoms with E-state index in [0.717, 1.165) is 12.8 Å². The monoisotopic (exact) mass is 241 g/mol. The molecule has 1 aliphatic rings. The molecule has 1 N–H and O–H groups in total. The van der Waals surface area contributed by atoms with Gasteiger partial charge < -0.3 is 10.1 Å². The lowest BCUT2D eigenvalue weighted by Gasteiger charge is -2.26. The fourth-order valence-electron chi connectivity index (χ4n) is 2.10. The second-order valence-electron chi connectivity index (χ2n) is 4.45. The largest absolute Gasteiger partial charge is 0.467 e. The van der Waals surface area contributed by atoms with Crippen molar-refractivity contribution in [3.8, 4) is 6.01 Å². The van der Waals surface area contributed by atoms with Crippen molar-refractivity contribution < 1.29 is 4.74 Å². The zero-order chi connectivity index (χ0) is 11.6. The van der Waals surface area contributed by atoms with E-state index in [9.17, 15) is 0 Å². The molecule has 16 heavy (non-hydrogen) atoms. The summed E-state index contributed by atoms with van der Waals surface area (Å²) in [5, 5.41) is 3.93. The third kappa shape index (κ3) is 2.38. The van der Waals surface area contributed by atoms with E-state index < -0.39 is 0 Å². The van der Waals surface area contributed by atoms with Gasteiger partial charge in [-0.1, -0.05) is 24.4 Å². The van der Waals surface area contributed by atoms with Crippen LogP contribution in [0.5, 0.6) is 6.01 Å². The number of methoxy groups -OCH3 is 1. The molecule has 0 atom stereocenters. The molecule has 2 rings (SSSR count). The minimum Gasteiger partial charge on any atom is -0.467 e. The molecule has 1 heterocycles. The van der Waals surface area contributed by atoms with Crippen LogP contribution < -0.4 is 10.1 Å². The summed E-state index contributed by atoms with van der Waals surface area (Å²) in [4.78, 5) is 8.17. The molecule has 0 unspecified atom stereocenters. The Hall–Kier alpha value is -1.03. The average Bonchev–Trinajstić information content (AvgIpc) is 2.68. The van der Waals surface area contributed by atoms with E-state index in [0.29, 0.717) is 16.9 Å². The van der Waals surface area contributed by atoms with Crippen LogP contribution in [0.1, 0.15) is 32.6 Å². The number of halogens is 1. The topological polar surface area (TPSA) is 47.0 Å². The quantitative estimate of drug-likeness (QED) is 0.884. The van der Waals surface area contributed by atoms with Crippen LogP contribution >= 0.6 is 11.6 Å². The van der Waals surface area contributed by atoms with Crippen molar-refractivity contribution in [1.29, 1.82) is 0 Å². The Balaban J connectivity index is 2.19. The van der Waals surface area contributed by atoms with Crippen molar-refractivity contribution in [2.45, 2.75) is 38.1 Å². The fourth-order valence-corrected chi connectivity index (χ4v) is 2.24. The van der Waals surface area contributed by atoms with Crippen LogP contribution in [0, 0.1) is 0 Å². The van der Waals surface area contributed by atoms with E-state index in [1.54, 1.807) is 13.3 Å². The predicted molar refractivity (Wildman–Crippen MR) is 64.1 cm³/mol. The van der Waals surface area contributed by atoms with Crippen molar-refractivity contribution in [3.05, 3.63) is 11.2 Å². The van der Waals surface area contributed by atoms with Crippen LogP contribution in [0.4, 0.5) is 5.82 Å². The molecule has 1 aliphatic carbocycles. The van der Waals surface area contributed by atoms with Gasteiger partial charge in [0.2, 0.25) is 0 Å². The molecule has 0 aliphatic heterocycles. The average molecular weight is 242 g/mol. The SMILES string of the molecule is COc1ncc(Cl)c(NC2(C)CCCC2)n1. The molecule has 5 heteroatoms. The highest BCUT2D eigenvalue weighted by molar-refractivity contribution is 6.32. The number of hydrogen-bond acceptors (Lipinski definition) is 4. The van der Waals surface area contributed by atoms with Gasteiger partial charge in [-0.3, -0.25) is 0 Å². The van der Waals surface area contributed by atoms with E-state index in [1.165, 1.54) is 12.8 Å². The van der Waals surface area contributed by atoms with Gasteiger partial charge in [0, 0.05) is 5.54 Å². The first-order chi connectivity index (χ1) is 7.63. The van der Waals surface area contributed by atoms with Gasteiger partial charge in [-0.2, -0.15) is 4.98 Å². The molecule has 1 aromatic rings. The summed E-state index contributed by atoms with van der Waals surface area (Å²) in [6.07, 6.45) is 6.37. The summed E-state index contributed by atoms with van der Waals surface area (Å²) >= 11 is 6.05. The van der Waals surface area contributed by atoms with Crippen LogP contribution in [-0.2, 0) is 0 Å².